The molecule has 5 heteroatoms. The minimum atomic E-state index is 0.394. The van der Waals surface area contributed by atoms with Gasteiger partial charge in [0.1, 0.15) is 23.7 Å². The van der Waals surface area contributed by atoms with Crippen molar-refractivity contribution in [2.75, 3.05) is 23.3 Å². The molecule has 1 saturated carbocycles. The van der Waals surface area contributed by atoms with Crippen molar-refractivity contribution in [3.63, 3.8) is 0 Å². The van der Waals surface area contributed by atoms with Gasteiger partial charge in [-0.1, -0.05) is 18.2 Å². The van der Waals surface area contributed by atoms with Gasteiger partial charge in [0, 0.05) is 31.3 Å². The Morgan fingerprint density at radius 1 is 1.04 bits per heavy atom. The van der Waals surface area contributed by atoms with E-state index in [1.807, 2.05) is 6.07 Å². The van der Waals surface area contributed by atoms with Crippen LogP contribution in [0.2, 0.25) is 0 Å². The van der Waals surface area contributed by atoms with E-state index < -0.39 is 0 Å². The molecule has 2 fully saturated rings. The van der Waals surface area contributed by atoms with Crippen LogP contribution < -0.4 is 15.0 Å². The van der Waals surface area contributed by atoms with E-state index in [0.717, 1.165) is 30.5 Å². The summed E-state index contributed by atoms with van der Waals surface area (Å²) < 4.78 is 6.11. The number of anilines is 2. The predicted molar refractivity (Wildman–Crippen MR) is 100 cm³/mol. The summed E-state index contributed by atoms with van der Waals surface area (Å²) in [5.41, 5.74) is 1.17. The quantitative estimate of drug-likeness (QED) is 0.862. The van der Waals surface area contributed by atoms with Crippen molar-refractivity contribution in [3.8, 4) is 5.75 Å². The molecule has 1 saturated heterocycles. The molecule has 0 amide bonds. The Kier molecular flexibility index (Phi) is 5.00. The van der Waals surface area contributed by atoms with Gasteiger partial charge in [-0.2, -0.15) is 0 Å². The molecule has 132 valence electrons. The second-order valence-corrected chi connectivity index (χ2v) is 6.94. The second-order valence-electron chi connectivity index (χ2n) is 6.94. The topological polar surface area (TPSA) is 50.3 Å². The fourth-order valence-electron chi connectivity index (χ4n) is 3.36. The molecule has 1 aliphatic heterocycles. The van der Waals surface area contributed by atoms with E-state index in [1.165, 1.54) is 44.1 Å². The molecule has 1 aromatic carbocycles. The van der Waals surface area contributed by atoms with Crippen LogP contribution in [0.3, 0.4) is 0 Å². The minimum absolute atomic E-state index is 0.394. The van der Waals surface area contributed by atoms with E-state index >= 15 is 0 Å². The van der Waals surface area contributed by atoms with Crippen LogP contribution in [-0.2, 0) is 6.54 Å². The molecule has 2 aliphatic rings. The normalized spacial score (nSPS) is 17.8. The molecular formula is C20H26N4O. The Morgan fingerprint density at radius 3 is 2.68 bits per heavy atom. The number of piperidine rings is 1. The van der Waals surface area contributed by atoms with Crippen LogP contribution in [0.1, 0.15) is 44.1 Å². The highest BCUT2D eigenvalue weighted by Gasteiger charge is 2.20. The van der Waals surface area contributed by atoms with Gasteiger partial charge in [0.2, 0.25) is 0 Å². The summed E-state index contributed by atoms with van der Waals surface area (Å²) in [5.74, 6) is 2.88. The molecule has 1 aromatic heterocycles. The SMILES string of the molecule is c1ccc(OC2CCC2)c(CNc2cc(N3CCCCC3)ncn2)c1. The first-order valence-corrected chi connectivity index (χ1v) is 9.44. The molecule has 0 atom stereocenters. The minimum Gasteiger partial charge on any atom is -0.490 e. The summed E-state index contributed by atoms with van der Waals surface area (Å²) >= 11 is 0. The highest BCUT2D eigenvalue weighted by Crippen LogP contribution is 2.28. The number of hydrogen-bond donors (Lipinski definition) is 1. The molecule has 2 aromatic rings. The van der Waals surface area contributed by atoms with Crippen LogP contribution in [0.15, 0.2) is 36.7 Å². The lowest BCUT2D eigenvalue weighted by Crippen LogP contribution is -2.30. The smallest absolute Gasteiger partial charge is 0.134 e. The molecule has 0 spiro atoms. The Bertz CT molecular complexity index is 696. The third-order valence-corrected chi connectivity index (χ3v) is 5.11. The molecule has 4 rings (SSSR count). The van der Waals surface area contributed by atoms with E-state index in [-0.39, 0.29) is 0 Å². The number of para-hydroxylation sites is 1. The van der Waals surface area contributed by atoms with Crippen molar-refractivity contribution < 1.29 is 4.74 Å². The lowest BCUT2D eigenvalue weighted by molar-refractivity contribution is 0.119. The lowest BCUT2D eigenvalue weighted by atomic mass is 9.96. The van der Waals surface area contributed by atoms with Gasteiger partial charge in [-0.05, 0) is 44.6 Å². The van der Waals surface area contributed by atoms with E-state index in [1.54, 1.807) is 6.33 Å². The van der Waals surface area contributed by atoms with E-state index in [4.69, 9.17) is 4.74 Å². The number of benzene rings is 1. The molecule has 0 radical (unpaired) electrons. The number of nitrogens with one attached hydrogen (secondary N) is 1. The number of nitrogens with zero attached hydrogens (tertiary/aromatic N) is 3. The number of aromatic nitrogens is 2. The molecular weight excluding hydrogens is 312 g/mol. The van der Waals surface area contributed by atoms with E-state index in [2.05, 4.69) is 44.5 Å². The van der Waals surface area contributed by atoms with Crippen molar-refractivity contribution in [2.45, 2.75) is 51.2 Å². The molecule has 0 bridgehead atoms. The van der Waals surface area contributed by atoms with Crippen molar-refractivity contribution in [1.29, 1.82) is 0 Å². The molecule has 1 N–H and O–H groups in total. The zero-order valence-electron chi connectivity index (χ0n) is 14.7. The van der Waals surface area contributed by atoms with Gasteiger partial charge in [0.05, 0.1) is 6.10 Å². The maximum absolute atomic E-state index is 6.11. The molecule has 2 heterocycles. The van der Waals surface area contributed by atoms with Crippen molar-refractivity contribution in [3.05, 3.63) is 42.2 Å². The summed E-state index contributed by atoms with van der Waals surface area (Å²) in [4.78, 5) is 11.2. The van der Waals surface area contributed by atoms with Gasteiger partial charge in [0.25, 0.3) is 0 Å². The first-order valence-electron chi connectivity index (χ1n) is 9.44. The molecule has 25 heavy (non-hydrogen) atoms. The molecule has 0 unspecified atom stereocenters. The van der Waals surface area contributed by atoms with Crippen LogP contribution in [0.4, 0.5) is 11.6 Å². The van der Waals surface area contributed by atoms with E-state index in [0.29, 0.717) is 12.6 Å². The van der Waals surface area contributed by atoms with Crippen molar-refractivity contribution in [1.82, 2.24) is 9.97 Å². The third kappa shape index (κ3) is 4.03. The average Bonchev–Trinajstić information content (AvgIpc) is 2.65. The third-order valence-electron chi connectivity index (χ3n) is 5.11. The Balaban J connectivity index is 1.41. The zero-order chi connectivity index (χ0) is 16.9. The fraction of sp³-hybridized carbons (Fsp3) is 0.500. The summed E-state index contributed by atoms with van der Waals surface area (Å²) in [7, 11) is 0. The average molecular weight is 338 g/mol. The van der Waals surface area contributed by atoms with Gasteiger partial charge in [-0.3, -0.25) is 0 Å². The van der Waals surface area contributed by atoms with Gasteiger partial charge >= 0.3 is 0 Å². The number of rotatable bonds is 6. The van der Waals surface area contributed by atoms with Crippen LogP contribution >= 0.6 is 0 Å². The van der Waals surface area contributed by atoms with Crippen LogP contribution in [0, 0.1) is 0 Å². The monoisotopic (exact) mass is 338 g/mol. The largest absolute Gasteiger partial charge is 0.490 e. The second kappa shape index (κ2) is 7.72. The first-order chi connectivity index (χ1) is 12.4. The Hall–Kier alpha value is -2.30. The first kappa shape index (κ1) is 16.2. The zero-order valence-corrected chi connectivity index (χ0v) is 14.7. The van der Waals surface area contributed by atoms with Gasteiger partial charge in [0.15, 0.2) is 0 Å². The number of ether oxygens (including phenoxy) is 1. The molecule has 1 aliphatic carbocycles. The Labute approximate surface area is 149 Å². The van der Waals surface area contributed by atoms with Crippen LogP contribution in [0.25, 0.3) is 0 Å². The van der Waals surface area contributed by atoms with E-state index in [9.17, 15) is 0 Å². The number of hydrogen-bond acceptors (Lipinski definition) is 5. The Morgan fingerprint density at radius 2 is 1.88 bits per heavy atom. The maximum Gasteiger partial charge on any atom is 0.134 e. The lowest BCUT2D eigenvalue weighted by Gasteiger charge is -2.28. The van der Waals surface area contributed by atoms with Gasteiger partial charge in [-0.15, -0.1) is 0 Å². The van der Waals surface area contributed by atoms with Crippen LogP contribution in [-0.4, -0.2) is 29.2 Å². The highest BCUT2D eigenvalue weighted by molar-refractivity contribution is 5.49. The predicted octanol–water partition coefficient (Wildman–Crippen LogP) is 4.01. The summed E-state index contributed by atoms with van der Waals surface area (Å²) in [6.45, 7) is 2.89. The fourth-order valence-corrected chi connectivity index (χ4v) is 3.36. The standard InChI is InChI=1S/C20H26N4O/c1-4-11-24(12-5-1)20-13-19(22-15-23-20)21-14-16-7-2-3-10-18(16)25-17-8-6-9-17/h2-3,7,10,13,15,17H,1,4-6,8-9,11-12,14H2,(H,21,22,23). The maximum atomic E-state index is 6.11. The highest BCUT2D eigenvalue weighted by atomic mass is 16.5. The van der Waals surface area contributed by atoms with Gasteiger partial charge in [-0.25, -0.2) is 9.97 Å². The summed E-state index contributed by atoms with van der Waals surface area (Å²) in [5, 5.41) is 3.43. The van der Waals surface area contributed by atoms with Crippen molar-refractivity contribution >= 4 is 11.6 Å². The summed E-state index contributed by atoms with van der Waals surface area (Å²) in [6, 6.07) is 10.3. The molecule has 5 nitrogen and oxygen atoms in total. The van der Waals surface area contributed by atoms with Crippen LogP contribution in [0.5, 0.6) is 5.75 Å². The van der Waals surface area contributed by atoms with Gasteiger partial charge < -0.3 is 15.0 Å². The summed E-state index contributed by atoms with van der Waals surface area (Å²) in [6.07, 6.45) is 9.50. The van der Waals surface area contributed by atoms with Crippen molar-refractivity contribution in [2.24, 2.45) is 0 Å².